The van der Waals surface area contributed by atoms with E-state index in [0.717, 1.165) is 36.5 Å². The van der Waals surface area contributed by atoms with Crippen molar-refractivity contribution in [2.24, 2.45) is 5.92 Å². The number of H-pyrrole nitrogens is 1. The molecule has 3 heterocycles. The highest BCUT2D eigenvalue weighted by atomic mass is 32.1. The number of aryl methyl sites for hydroxylation is 1. The van der Waals surface area contributed by atoms with E-state index in [9.17, 15) is 4.79 Å². The van der Waals surface area contributed by atoms with Gasteiger partial charge in [-0.2, -0.15) is 5.10 Å². The molecule has 2 aromatic rings. The van der Waals surface area contributed by atoms with Crippen LogP contribution in [-0.4, -0.2) is 29.2 Å². The molecule has 0 bridgehead atoms. The molecular weight excluding hydrogens is 272 g/mol. The van der Waals surface area contributed by atoms with E-state index >= 15 is 0 Å². The van der Waals surface area contributed by atoms with Crippen LogP contribution in [0.1, 0.15) is 17.7 Å². The van der Waals surface area contributed by atoms with Crippen LogP contribution < -0.4 is 10.6 Å². The highest BCUT2D eigenvalue weighted by molar-refractivity contribution is 7.15. The molecule has 0 saturated carbocycles. The number of aromatic amines is 1. The Morgan fingerprint density at radius 1 is 1.40 bits per heavy atom. The first-order chi connectivity index (χ1) is 9.72. The summed E-state index contributed by atoms with van der Waals surface area (Å²) >= 11 is 1.71. The third kappa shape index (κ3) is 2.91. The van der Waals surface area contributed by atoms with Crippen molar-refractivity contribution in [3.05, 3.63) is 23.1 Å². The molecule has 0 atom stereocenters. The van der Waals surface area contributed by atoms with Crippen LogP contribution in [0.4, 0.5) is 5.82 Å². The summed E-state index contributed by atoms with van der Waals surface area (Å²) in [5.74, 6) is 0.780. The number of carbonyl (C=O) groups excluding carboxylic acids is 1. The van der Waals surface area contributed by atoms with Gasteiger partial charge in [0.25, 0.3) is 0 Å². The molecule has 6 heteroatoms. The Hall–Kier alpha value is -1.66. The lowest BCUT2D eigenvalue weighted by atomic mass is 9.97. The van der Waals surface area contributed by atoms with Gasteiger partial charge in [0.2, 0.25) is 5.91 Å². The smallest absolute Gasteiger partial charge is 0.228 e. The first kappa shape index (κ1) is 13.3. The molecule has 1 aliphatic heterocycles. The lowest BCUT2D eigenvalue weighted by Gasteiger charge is -2.21. The van der Waals surface area contributed by atoms with Crippen molar-refractivity contribution in [3.8, 4) is 10.6 Å². The molecule has 1 aliphatic rings. The number of thiophene rings is 1. The fourth-order valence-electron chi connectivity index (χ4n) is 2.40. The van der Waals surface area contributed by atoms with Crippen molar-refractivity contribution in [2.75, 3.05) is 18.4 Å². The zero-order chi connectivity index (χ0) is 13.9. The Morgan fingerprint density at radius 2 is 2.20 bits per heavy atom. The SMILES string of the molecule is Cc1ccc(-c2cc(NC(=O)C3CCNCC3)n[nH]2)s1. The minimum atomic E-state index is 0.0758. The van der Waals surface area contributed by atoms with Crippen molar-refractivity contribution in [3.63, 3.8) is 0 Å². The average Bonchev–Trinajstić information content (AvgIpc) is 3.09. The Labute approximate surface area is 121 Å². The predicted octanol–water partition coefficient (Wildman–Crippen LogP) is 2.38. The monoisotopic (exact) mass is 290 g/mol. The van der Waals surface area contributed by atoms with E-state index in [-0.39, 0.29) is 11.8 Å². The summed E-state index contributed by atoms with van der Waals surface area (Å²) < 4.78 is 0. The van der Waals surface area contributed by atoms with Gasteiger partial charge in [0, 0.05) is 16.9 Å². The molecule has 0 aliphatic carbocycles. The Kier molecular flexibility index (Phi) is 3.84. The van der Waals surface area contributed by atoms with Crippen LogP contribution in [0.5, 0.6) is 0 Å². The standard InChI is InChI=1S/C14H18N4OS/c1-9-2-3-12(20-9)11-8-13(18-17-11)16-14(19)10-4-6-15-7-5-10/h2-3,8,10,15H,4-7H2,1H3,(H2,16,17,18,19). The molecule has 2 aromatic heterocycles. The molecule has 1 saturated heterocycles. The van der Waals surface area contributed by atoms with E-state index < -0.39 is 0 Å². The molecule has 0 unspecified atom stereocenters. The van der Waals surface area contributed by atoms with Gasteiger partial charge < -0.3 is 10.6 Å². The van der Waals surface area contributed by atoms with Gasteiger partial charge in [0.15, 0.2) is 5.82 Å². The van der Waals surface area contributed by atoms with E-state index in [0.29, 0.717) is 5.82 Å². The normalized spacial score (nSPS) is 16.2. The number of nitrogens with zero attached hydrogens (tertiary/aromatic N) is 1. The lowest BCUT2D eigenvalue weighted by molar-refractivity contribution is -0.120. The predicted molar refractivity (Wildman–Crippen MR) is 80.9 cm³/mol. The highest BCUT2D eigenvalue weighted by Crippen LogP contribution is 2.27. The second-order valence-electron chi connectivity index (χ2n) is 5.09. The number of hydrogen-bond donors (Lipinski definition) is 3. The highest BCUT2D eigenvalue weighted by Gasteiger charge is 2.21. The molecule has 3 N–H and O–H groups in total. The second kappa shape index (κ2) is 5.76. The third-order valence-electron chi connectivity index (χ3n) is 3.54. The summed E-state index contributed by atoms with van der Waals surface area (Å²) in [4.78, 5) is 14.5. The van der Waals surface area contributed by atoms with Gasteiger partial charge in [0.05, 0.1) is 10.6 Å². The first-order valence-electron chi connectivity index (χ1n) is 6.86. The zero-order valence-electron chi connectivity index (χ0n) is 11.4. The largest absolute Gasteiger partial charge is 0.317 e. The molecule has 106 valence electrons. The van der Waals surface area contributed by atoms with Gasteiger partial charge in [0.1, 0.15) is 0 Å². The zero-order valence-corrected chi connectivity index (χ0v) is 12.2. The van der Waals surface area contributed by atoms with Gasteiger partial charge >= 0.3 is 0 Å². The van der Waals surface area contributed by atoms with Crippen molar-refractivity contribution in [2.45, 2.75) is 19.8 Å². The summed E-state index contributed by atoms with van der Waals surface area (Å²) in [6.07, 6.45) is 1.79. The fourth-order valence-corrected chi connectivity index (χ4v) is 3.24. The summed E-state index contributed by atoms with van der Waals surface area (Å²) in [6, 6.07) is 6.03. The number of rotatable bonds is 3. The van der Waals surface area contributed by atoms with E-state index in [2.05, 4.69) is 39.9 Å². The molecule has 5 nitrogen and oxygen atoms in total. The number of piperidine rings is 1. The van der Waals surface area contributed by atoms with Crippen molar-refractivity contribution < 1.29 is 4.79 Å². The summed E-state index contributed by atoms with van der Waals surface area (Å²) in [5, 5.41) is 13.3. The van der Waals surface area contributed by atoms with Crippen LogP contribution in [0, 0.1) is 12.8 Å². The summed E-state index contributed by atoms with van der Waals surface area (Å²) in [5.41, 5.74) is 0.948. The maximum atomic E-state index is 12.1. The maximum absolute atomic E-state index is 12.1. The minimum absolute atomic E-state index is 0.0758. The molecule has 0 spiro atoms. The minimum Gasteiger partial charge on any atom is -0.317 e. The van der Waals surface area contributed by atoms with Gasteiger partial charge in [-0.25, -0.2) is 0 Å². The van der Waals surface area contributed by atoms with E-state index in [1.807, 2.05) is 6.07 Å². The number of carbonyl (C=O) groups is 1. The van der Waals surface area contributed by atoms with E-state index in [1.54, 1.807) is 11.3 Å². The van der Waals surface area contributed by atoms with Crippen molar-refractivity contribution in [1.29, 1.82) is 0 Å². The summed E-state index contributed by atoms with van der Waals surface area (Å²) in [6.45, 7) is 3.90. The number of nitrogens with one attached hydrogen (secondary N) is 3. The van der Waals surface area contributed by atoms with E-state index in [4.69, 9.17) is 0 Å². The Morgan fingerprint density at radius 3 is 2.90 bits per heavy atom. The third-order valence-corrected chi connectivity index (χ3v) is 4.58. The molecular formula is C14H18N4OS. The van der Waals surface area contributed by atoms with Crippen LogP contribution in [0.2, 0.25) is 0 Å². The number of aromatic nitrogens is 2. The van der Waals surface area contributed by atoms with Crippen LogP contribution in [-0.2, 0) is 4.79 Å². The second-order valence-corrected chi connectivity index (χ2v) is 6.38. The quantitative estimate of drug-likeness (QED) is 0.813. The fraction of sp³-hybridized carbons (Fsp3) is 0.429. The number of hydrogen-bond acceptors (Lipinski definition) is 4. The molecule has 3 rings (SSSR count). The first-order valence-corrected chi connectivity index (χ1v) is 7.68. The van der Waals surface area contributed by atoms with Gasteiger partial charge in [-0.3, -0.25) is 9.89 Å². The van der Waals surface area contributed by atoms with Crippen LogP contribution in [0.15, 0.2) is 18.2 Å². The van der Waals surface area contributed by atoms with E-state index in [1.165, 1.54) is 4.88 Å². The van der Waals surface area contributed by atoms with Crippen LogP contribution in [0.25, 0.3) is 10.6 Å². The number of anilines is 1. The van der Waals surface area contributed by atoms with Crippen molar-refractivity contribution >= 4 is 23.1 Å². The topological polar surface area (TPSA) is 69.8 Å². The summed E-state index contributed by atoms with van der Waals surface area (Å²) in [7, 11) is 0. The van der Waals surface area contributed by atoms with Gasteiger partial charge in [-0.15, -0.1) is 11.3 Å². The lowest BCUT2D eigenvalue weighted by Crippen LogP contribution is -2.34. The van der Waals surface area contributed by atoms with Crippen LogP contribution >= 0.6 is 11.3 Å². The van der Waals surface area contributed by atoms with Crippen LogP contribution in [0.3, 0.4) is 0 Å². The molecule has 20 heavy (non-hydrogen) atoms. The molecule has 0 radical (unpaired) electrons. The maximum Gasteiger partial charge on any atom is 0.228 e. The number of amides is 1. The average molecular weight is 290 g/mol. The molecule has 1 fully saturated rings. The van der Waals surface area contributed by atoms with Gasteiger partial charge in [-0.1, -0.05) is 0 Å². The Balaban J connectivity index is 1.66. The Bertz CT molecular complexity index is 598. The molecule has 1 amide bonds. The van der Waals surface area contributed by atoms with Crippen molar-refractivity contribution in [1.82, 2.24) is 15.5 Å². The van der Waals surface area contributed by atoms with Gasteiger partial charge in [-0.05, 0) is 45.0 Å². The molecule has 0 aromatic carbocycles.